The zero-order valence-corrected chi connectivity index (χ0v) is 11.1. The van der Waals surface area contributed by atoms with Crippen LogP contribution in [-0.4, -0.2) is 22.2 Å². The molecule has 1 amide bonds. The third kappa shape index (κ3) is 4.75. The van der Waals surface area contributed by atoms with E-state index in [2.05, 4.69) is 15.3 Å². The summed E-state index contributed by atoms with van der Waals surface area (Å²) in [6.45, 7) is 2.54. The Balaban J connectivity index is 2.81. The predicted octanol–water partition coefficient (Wildman–Crippen LogP) is 2.83. The van der Waals surface area contributed by atoms with Crippen molar-refractivity contribution in [1.29, 1.82) is 0 Å². The van der Waals surface area contributed by atoms with Gasteiger partial charge in [0.25, 0.3) is 11.8 Å². The van der Waals surface area contributed by atoms with Gasteiger partial charge in [-0.05, 0) is 12.5 Å². The summed E-state index contributed by atoms with van der Waals surface area (Å²) in [5.74, 6) is -4.48. The number of nitrogens with zero attached hydrogens (tertiary/aromatic N) is 2. The summed E-state index contributed by atoms with van der Waals surface area (Å²) in [7, 11) is 0. The van der Waals surface area contributed by atoms with E-state index in [4.69, 9.17) is 0 Å². The molecule has 0 bridgehead atoms. The summed E-state index contributed by atoms with van der Waals surface area (Å²) in [6, 6.07) is 0.927. The van der Waals surface area contributed by atoms with Crippen molar-refractivity contribution in [3.63, 3.8) is 0 Å². The second kappa shape index (κ2) is 6.74. The van der Waals surface area contributed by atoms with E-state index in [1.54, 1.807) is 6.21 Å². The molecule has 20 heavy (non-hydrogen) atoms. The second-order valence-electron chi connectivity index (χ2n) is 4.02. The van der Waals surface area contributed by atoms with Gasteiger partial charge in [0.2, 0.25) is 0 Å². The summed E-state index contributed by atoms with van der Waals surface area (Å²) < 4.78 is 26.4. The first-order valence-corrected chi connectivity index (χ1v) is 5.91. The molecule has 0 saturated carbocycles. The molecule has 0 atom stereocenters. The Morgan fingerprint density at radius 2 is 2.30 bits per heavy atom. The molecular formula is C13H15F2N3O2. The molecule has 1 heterocycles. The van der Waals surface area contributed by atoms with Crippen LogP contribution in [0.15, 0.2) is 29.5 Å². The summed E-state index contributed by atoms with van der Waals surface area (Å²) in [5.41, 5.74) is -0.601. The smallest absolute Gasteiger partial charge is 0.274 e. The van der Waals surface area contributed by atoms with Gasteiger partial charge in [-0.25, -0.2) is 13.8 Å². The number of hydrogen-bond acceptors (Lipinski definition) is 4. The van der Waals surface area contributed by atoms with E-state index >= 15 is 0 Å². The highest BCUT2D eigenvalue weighted by molar-refractivity contribution is 5.98. The van der Waals surface area contributed by atoms with Crippen molar-refractivity contribution >= 4 is 17.9 Å². The van der Waals surface area contributed by atoms with Crippen LogP contribution in [0.2, 0.25) is 0 Å². The number of halogens is 2. The molecule has 0 saturated heterocycles. The first kappa shape index (κ1) is 15.7. The number of amides is 1. The summed E-state index contributed by atoms with van der Waals surface area (Å²) >= 11 is 0. The van der Waals surface area contributed by atoms with Crippen LogP contribution in [0, 0.1) is 0 Å². The maximum Gasteiger partial charge on any atom is 0.274 e. The normalized spacial score (nSPS) is 12.2. The number of carbonyl (C=O) groups excluding carboxylic acids is 1. The molecule has 0 aliphatic carbocycles. The maximum absolute atomic E-state index is 13.2. The molecule has 1 aromatic heterocycles. The topological polar surface area (TPSA) is 74.6 Å². The van der Waals surface area contributed by atoms with Crippen molar-refractivity contribution in [3.8, 4) is 5.75 Å². The Morgan fingerprint density at radius 3 is 2.90 bits per heavy atom. The second-order valence-corrected chi connectivity index (χ2v) is 4.02. The van der Waals surface area contributed by atoms with Crippen LogP contribution in [0.4, 0.5) is 14.6 Å². The molecule has 0 aromatic carbocycles. The lowest BCUT2D eigenvalue weighted by atomic mass is 10.1. The van der Waals surface area contributed by atoms with Crippen molar-refractivity contribution in [2.45, 2.75) is 26.2 Å². The van der Waals surface area contributed by atoms with Crippen molar-refractivity contribution in [3.05, 3.63) is 30.1 Å². The Morgan fingerprint density at radius 1 is 1.60 bits per heavy atom. The van der Waals surface area contributed by atoms with Crippen molar-refractivity contribution in [2.75, 3.05) is 5.32 Å². The first-order valence-electron chi connectivity index (χ1n) is 5.91. The van der Waals surface area contributed by atoms with Gasteiger partial charge >= 0.3 is 0 Å². The third-order valence-corrected chi connectivity index (χ3v) is 2.21. The van der Waals surface area contributed by atoms with Crippen molar-refractivity contribution in [1.82, 2.24) is 4.98 Å². The van der Waals surface area contributed by atoms with Crippen LogP contribution in [0.1, 0.15) is 25.8 Å². The summed E-state index contributed by atoms with van der Waals surface area (Å²) in [6.07, 6.45) is 5.64. The van der Waals surface area contributed by atoms with Gasteiger partial charge in [0.15, 0.2) is 0 Å². The molecule has 0 aliphatic heterocycles. The van der Waals surface area contributed by atoms with Crippen LogP contribution < -0.4 is 5.32 Å². The van der Waals surface area contributed by atoms with E-state index in [9.17, 15) is 18.7 Å². The number of alkyl halides is 2. The van der Waals surface area contributed by atoms with E-state index in [-0.39, 0.29) is 5.82 Å². The maximum atomic E-state index is 13.2. The molecule has 0 radical (unpaired) electrons. The number of aliphatic imine (C=N–C) groups is 1. The number of pyridine rings is 1. The number of aromatic hydroxyl groups is 1. The number of rotatable bonds is 5. The van der Waals surface area contributed by atoms with E-state index in [1.165, 1.54) is 6.20 Å². The fourth-order valence-electron chi connectivity index (χ4n) is 1.31. The highest BCUT2D eigenvalue weighted by atomic mass is 19.3. The number of carbonyl (C=O) groups is 1. The van der Waals surface area contributed by atoms with Gasteiger partial charge in [-0.15, -0.1) is 0 Å². The summed E-state index contributed by atoms with van der Waals surface area (Å²) in [5, 5.41) is 11.6. The minimum Gasteiger partial charge on any atom is -0.506 e. The van der Waals surface area contributed by atoms with Crippen LogP contribution in [-0.2, 0) is 10.7 Å². The zero-order valence-electron chi connectivity index (χ0n) is 11.1. The molecule has 0 unspecified atom stereocenters. The van der Waals surface area contributed by atoms with Gasteiger partial charge in [0.1, 0.15) is 11.6 Å². The summed E-state index contributed by atoms with van der Waals surface area (Å²) in [4.78, 5) is 18.9. The average Bonchev–Trinajstić information content (AvgIpc) is 2.36. The minimum atomic E-state index is -3.23. The predicted molar refractivity (Wildman–Crippen MR) is 72.0 cm³/mol. The minimum absolute atomic E-state index is 0.0755. The fraction of sp³-hybridized carbons (Fsp3) is 0.308. The Hall–Kier alpha value is -2.31. The lowest BCUT2D eigenvalue weighted by molar-refractivity contribution is -0.111. The van der Waals surface area contributed by atoms with E-state index < -0.39 is 23.1 Å². The molecule has 0 aliphatic rings. The zero-order chi connectivity index (χ0) is 15.2. The molecule has 2 N–H and O–H groups in total. The molecular weight excluding hydrogens is 268 g/mol. The molecule has 0 spiro atoms. The highest BCUT2D eigenvalue weighted by Gasteiger charge is 2.28. The SMILES string of the molecule is CCC=N/C=C/C(=O)Nc1cc(C(C)(F)F)c(O)cn1. The number of hydrogen-bond donors (Lipinski definition) is 2. The highest BCUT2D eigenvalue weighted by Crippen LogP contribution is 2.34. The van der Waals surface area contributed by atoms with Crippen LogP contribution in [0.3, 0.4) is 0 Å². The van der Waals surface area contributed by atoms with Gasteiger partial charge < -0.3 is 10.4 Å². The van der Waals surface area contributed by atoms with Crippen molar-refractivity contribution < 1.29 is 18.7 Å². The van der Waals surface area contributed by atoms with E-state index in [1.807, 2.05) is 6.92 Å². The van der Waals surface area contributed by atoms with Crippen LogP contribution >= 0.6 is 0 Å². The molecule has 7 heteroatoms. The average molecular weight is 283 g/mol. The molecule has 1 rings (SSSR count). The molecule has 5 nitrogen and oxygen atoms in total. The van der Waals surface area contributed by atoms with Gasteiger partial charge in [-0.3, -0.25) is 9.79 Å². The third-order valence-electron chi connectivity index (χ3n) is 2.21. The van der Waals surface area contributed by atoms with Crippen LogP contribution in [0.25, 0.3) is 0 Å². The lowest BCUT2D eigenvalue weighted by Gasteiger charge is -2.13. The van der Waals surface area contributed by atoms with Gasteiger partial charge in [0, 0.05) is 25.4 Å². The van der Waals surface area contributed by atoms with E-state index in [0.717, 1.165) is 24.8 Å². The van der Waals surface area contributed by atoms with Gasteiger partial charge in [-0.1, -0.05) is 6.92 Å². The van der Waals surface area contributed by atoms with E-state index in [0.29, 0.717) is 6.92 Å². The Labute approximate surface area is 115 Å². The Kier molecular flexibility index (Phi) is 5.31. The number of nitrogens with one attached hydrogen (secondary N) is 1. The number of anilines is 1. The largest absolute Gasteiger partial charge is 0.506 e. The quantitative estimate of drug-likeness (QED) is 0.644. The fourth-order valence-corrected chi connectivity index (χ4v) is 1.31. The monoisotopic (exact) mass is 283 g/mol. The molecule has 108 valence electrons. The first-order chi connectivity index (χ1) is 9.34. The molecule has 1 aromatic rings. The standard InChI is InChI=1S/C13H15F2N3O2/c1-3-5-16-6-4-12(20)18-11-7-9(13(2,14)15)10(19)8-17-11/h4-8,19H,3H2,1-2H3,(H,17,18,20)/b6-4+,16-5?. The number of aromatic nitrogens is 1. The van der Waals surface area contributed by atoms with Gasteiger partial charge in [0.05, 0.1) is 11.8 Å². The van der Waals surface area contributed by atoms with Gasteiger partial charge in [-0.2, -0.15) is 0 Å². The Bertz CT molecular complexity index is 537. The van der Waals surface area contributed by atoms with Crippen molar-refractivity contribution in [2.24, 2.45) is 4.99 Å². The molecule has 0 fully saturated rings. The lowest BCUT2D eigenvalue weighted by Crippen LogP contribution is -2.12. The van der Waals surface area contributed by atoms with Crippen LogP contribution in [0.5, 0.6) is 5.75 Å².